The van der Waals surface area contributed by atoms with Gasteiger partial charge in [-0.25, -0.2) is 5.43 Å². The van der Waals surface area contributed by atoms with E-state index in [4.69, 9.17) is 9.47 Å². The number of nitrogens with one attached hydrogen (secondary N) is 1. The second kappa shape index (κ2) is 6.89. The van der Waals surface area contributed by atoms with Gasteiger partial charge in [-0.3, -0.25) is 14.9 Å². The predicted molar refractivity (Wildman–Crippen MR) is 93.2 cm³/mol. The smallest absolute Gasteiger partial charge is 0.273 e. The minimum Gasteiger partial charge on any atom is -0.454 e. The maximum atomic E-state index is 12.1. The van der Waals surface area contributed by atoms with Gasteiger partial charge in [-0.15, -0.1) is 0 Å². The highest BCUT2D eigenvalue weighted by Crippen LogP contribution is 2.36. The summed E-state index contributed by atoms with van der Waals surface area (Å²) in [7, 11) is 0. The first-order chi connectivity index (χ1) is 12.0. The Balaban J connectivity index is 1.73. The second-order valence-electron chi connectivity index (χ2n) is 5.18. The molecule has 1 amide bonds. The van der Waals surface area contributed by atoms with E-state index in [1.54, 1.807) is 19.1 Å². The van der Waals surface area contributed by atoms with Gasteiger partial charge >= 0.3 is 0 Å². The molecule has 0 unspecified atom stereocenters. The van der Waals surface area contributed by atoms with Gasteiger partial charge in [-0.2, -0.15) is 5.10 Å². The summed E-state index contributed by atoms with van der Waals surface area (Å²) in [6, 6.07) is 7.71. The van der Waals surface area contributed by atoms with Crippen molar-refractivity contribution < 1.29 is 19.2 Å². The number of rotatable bonds is 4. The number of aryl methyl sites for hydroxylation is 1. The number of amides is 1. The summed E-state index contributed by atoms with van der Waals surface area (Å²) >= 11 is 3.38. The normalized spacial score (nSPS) is 12.4. The molecule has 1 N–H and O–H groups in total. The van der Waals surface area contributed by atoms with Gasteiger partial charge in [0.25, 0.3) is 11.6 Å². The Hall–Kier alpha value is -2.94. The number of nitrogens with zero attached hydrogens (tertiary/aromatic N) is 2. The molecule has 9 heteroatoms. The van der Waals surface area contributed by atoms with Crippen LogP contribution < -0.4 is 14.9 Å². The fourth-order valence-electron chi connectivity index (χ4n) is 2.20. The van der Waals surface area contributed by atoms with Crippen LogP contribution in [0.4, 0.5) is 5.69 Å². The van der Waals surface area contributed by atoms with Crippen LogP contribution >= 0.6 is 15.9 Å². The van der Waals surface area contributed by atoms with Crippen molar-refractivity contribution in [2.24, 2.45) is 5.10 Å². The molecule has 0 saturated carbocycles. The molecular weight excluding hydrogens is 394 g/mol. The van der Waals surface area contributed by atoms with Crippen molar-refractivity contribution in [3.05, 3.63) is 61.6 Å². The topological polar surface area (TPSA) is 103 Å². The van der Waals surface area contributed by atoms with Crippen LogP contribution in [0.5, 0.6) is 11.5 Å². The Bertz CT molecular complexity index is 898. The maximum absolute atomic E-state index is 12.1. The number of benzene rings is 2. The zero-order valence-electron chi connectivity index (χ0n) is 13.0. The highest BCUT2D eigenvalue weighted by atomic mass is 79.9. The lowest BCUT2D eigenvalue weighted by Crippen LogP contribution is -2.17. The first kappa shape index (κ1) is 16.9. The lowest BCUT2D eigenvalue weighted by molar-refractivity contribution is -0.385. The molecule has 2 aromatic carbocycles. The molecule has 0 bridgehead atoms. The van der Waals surface area contributed by atoms with E-state index in [1.165, 1.54) is 24.4 Å². The van der Waals surface area contributed by atoms with Crippen LogP contribution in [-0.2, 0) is 0 Å². The van der Waals surface area contributed by atoms with E-state index in [9.17, 15) is 14.9 Å². The van der Waals surface area contributed by atoms with E-state index < -0.39 is 10.8 Å². The number of hydrogen-bond donors (Lipinski definition) is 1. The summed E-state index contributed by atoms with van der Waals surface area (Å²) < 4.78 is 11.3. The first-order valence-corrected chi connectivity index (χ1v) is 7.92. The highest BCUT2D eigenvalue weighted by Gasteiger charge is 2.16. The number of ether oxygens (including phenoxy) is 2. The van der Waals surface area contributed by atoms with Gasteiger partial charge in [0.05, 0.1) is 11.1 Å². The summed E-state index contributed by atoms with van der Waals surface area (Å²) in [5.74, 6) is 0.668. The molecule has 25 heavy (non-hydrogen) atoms. The van der Waals surface area contributed by atoms with Gasteiger partial charge in [-0.05, 0) is 41.1 Å². The van der Waals surface area contributed by atoms with E-state index in [1.807, 2.05) is 0 Å². The predicted octanol–water partition coefficient (Wildman–Crippen LogP) is 3.16. The molecule has 0 aliphatic carbocycles. The molecule has 0 saturated heterocycles. The maximum Gasteiger partial charge on any atom is 0.273 e. The molecule has 3 rings (SSSR count). The van der Waals surface area contributed by atoms with E-state index in [0.29, 0.717) is 22.6 Å². The first-order valence-electron chi connectivity index (χ1n) is 7.13. The average molecular weight is 406 g/mol. The summed E-state index contributed by atoms with van der Waals surface area (Å²) in [5.41, 5.74) is 3.54. The number of nitro groups is 1. The fraction of sp³-hybridized carbons (Fsp3) is 0.125. The summed E-state index contributed by atoms with van der Waals surface area (Å²) in [6.07, 6.45) is 1.44. The van der Waals surface area contributed by atoms with Crippen molar-refractivity contribution in [1.82, 2.24) is 5.43 Å². The number of hydrogen-bond acceptors (Lipinski definition) is 6. The lowest BCUT2D eigenvalue weighted by atomic mass is 10.1. The van der Waals surface area contributed by atoms with Crippen molar-refractivity contribution in [1.29, 1.82) is 0 Å². The number of carbonyl (C=O) groups is 1. The Morgan fingerprint density at radius 1 is 1.32 bits per heavy atom. The Labute approximate surface area is 150 Å². The average Bonchev–Trinajstić information content (AvgIpc) is 3.02. The second-order valence-corrected chi connectivity index (χ2v) is 6.04. The number of halogens is 1. The van der Waals surface area contributed by atoms with Crippen molar-refractivity contribution in [2.45, 2.75) is 6.92 Å². The molecule has 0 aromatic heterocycles. The molecule has 0 spiro atoms. The van der Waals surface area contributed by atoms with Crippen molar-refractivity contribution >= 4 is 33.7 Å². The standard InChI is InChI=1S/C16H12BrN3O5/c1-9-2-3-10(4-13(9)20(22)23)16(21)19-18-7-11-5-14-15(6-12(11)17)25-8-24-14/h2-7H,8H2,1H3,(H,19,21)/b18-7-. The van der Waals surface area contributed by atoms with Crippen molar-refractivity contribution in [3.8, 4) is 11.5 Å². The lowest BCUT2D eigenvalue weighted by Gasteiger charge is -2.03. The monoisotopic (exact) mass is 405 g/mol. The van der Waals surface area contributed by atoms with Crippen LogP contribution in [0.3, 0.4) is 0 Å². The van der Waals surface area contributed by atoms with Crippen LogP contribution in [0, 0.1) is 17.0 Å². The van der Waals surface area contributed by atoms with Crippen LogP contribution in [0.2, 0.25) is 0 Å². The summed E-state index contributed by atoms with van der Waals surface area (Å²) in [4.78, 5) is 22.5. The molecule has 0 atom stereocenters. The van der Waals surface area contributed by atoms with Gasteiger partial charge in [0.15, 0.2) is 11.5 Å². The van der Waals surface area contributed by atoms with Crippen molar-refractivity contribution in [3.63, 3.8) is 0 Å². The molecule has 1 heterocycles. The Morgan fingerprint density at radius 3 is 2.76 bits per heavy atom. The van der Waals surface area contributed by atoms with E-state index >= 15 is 0 Å². The van der Waals surface area contributed by atoms with Crippen LogP contribution in [0.25, 0.3) is 0 Å². The fourth-order valence-corrected chi connectivity index (χ4v) is 2.63. The molecule has 2 aromatic rings. The van der Waals surface area contributed by atoms with E-state index in [0.717, 1.165) is 4.47 Å². The van der Waals surface area contributed by atoms with Crippen molar-refractivity contribution in [2.75, 3.05) is 6.79 Å². The Morgan fingerprint density at radius 2 is 2.04 bits per heavy atom. The van der Waals surface area contributed by atoms with Gasteiger partial charge < -0.3 is 9.47 Å². The van der Waals surface area contributed by atoms with E-state index in [-0.39, 0.29) is 18.0 Å². The molecule has 0 fully saturated rings. The Kier molecular flexibility index (Phi) is 4.66. The quantitative estimate of drug-likeness (QED) is 0.477. The number of fused-ring (bicyclic) bond motifs is 1. The van der Waals surface area contributed by atoms with Gasteiger partial charge in [0.2, 0.25) is 6.79 Å². The third kappa shape index (κ3) is 3.61. The highest BCUT2D eigenvalue weighted by molar-refractivity contribution is 9.10. The molecule has 0 radical (unpaired) electrons. The molecule has 128 valence electrons. The van der Waals surface area contributed by atoms with Gasteiger partial charge in [0.1, 0.15) is 0 Å². The minimum atomic E-state index is -0.545. The third-order valence-electron chi connectivity index (χ3n) is 3.53. The minimum absolute atomic E-state index is 0.116. The molecule has 8 nitrogen and oxygen atoms in total. The zero-order chi connectivity index (χ0) is 18.0. The SMILES string of the molecule is Cc1ccc(C(=O)N/N=C\c2cc3c(cc2Br)OCO3)cc1[N+](=O)[O-]. The van der Waals surface area contributed by atoms with Crippen LogP contribution in [-0.4, -0.2) is 23.8 Å². The molecular formula is C16H12BrN3O5. The number of nitro benzene ring substituents is 1. The summed E-state index contributed by atoms with van der Waals surface area (Å²) in [6.45, 7) is 1.76. The van der Waals surface area contributed by atoms with Gasteiger partial charge in [0, 0.05) is 27.2 Å². The van der Waals surface area contributed by atoms with E-state index in [2.05, 4.69) is 26.5 Å². The molecule has 1 aliphatic heterocycles. The third-order valence-corrected chi connectivity index (χ3v) is 4.22. The number of carbonyl (C=O) groups excluding carboxylic acids is 1. The van der Waals surface area contributed by atoms with Gasteiger partial charge in [-0.1, -0.05) is 6.07 Å². The zero-order valence-corrected chi connectivity index (χ0v) is 14.6. The van der Waals surface area contributed by atoms with Crippen LogP contribution in [0.15, 0.2) is 39.9 Å². The van der Waals surface area contributed by atoms with Crippen LogP contribution in [0.1, 0.15) is 21.5 Å². The largest absolute Gasteiger partial charge is 0.454 e. The summed E-state index contributed by atoms with van der Waals surface area (Å²) in [5, 5.41) is 14.8. The number of hydrazone groups is 1. The molecule has 1 aliphatic rings.